The molecule has 0 aromatic heterocycles. The Hall–Kier alpha value is -3.67. The summed E-state index contributed by atoms with van der Waals surface area (Å²) >= 11 is 0. The van der Waals surface area contributed by atoms with Gasteiger partial charge in [0, 0.05) is 19.3 Å². The van der Waals surface area contributed by atoms with Gasteiger partial charge in [0.15, 0.2) is 6.10 Å². The molecule has 0 aliphatic carbocycles. The van der Waals surface area contributed by atoms with E-state index in [-0.39, 0.29) is 37.5 Å². The van der Waals surface area contributed by atoms with Crippen LogP contribution in [0.1, 0.15) is 265 Å². The molecule has 394 valence electrons. The second kappa shape index (κ2) is 56.9. The number of hydrogen-bond donors (Lipinski definition) is 0. The van der Waals surface area contributed by atoms with E-state index in [1.807, 2.05) is 0 Å². The molecule has 0 fully saturated rings. The lowest BCUT2D eigenvalue weighted by atomic mass is 10.0. The number of esters is 3. The van der Waals surface area contributed by atoms with Gasteiger partial charge in [-0.1, -0.05) is 246 Å². The number of carbonyl (C=O) groups is 3. The van der Waals surface area contributed by atoms with Gasteiger partial charge >= 0.3 is 17.9 Å². The summed E-state index contributed by atoms with van der Waals surface area (Å²) < 4.78 is 16.8. The molecule has 0 aliphatic heterocycles. The SMILES string of the molecule is CC/C=C\C/C=C\C/C=C\C/C=C\CCCCC(=O)OC[C@H](COC(=O)CCCCCCCCCCCCCCCCCCCCC)OC(=O)CCC/C=C\C/C=C\C/C=C\C/C=C\CCCCC. The van der Waals surface area contributed by atoms with Crippen LogP contribution in [0.4, 0.5) is 0 Å². The van der Waals surface area contributed by atoms with E-state index >= 15 is 0 Å². The first-order chi connectivity index (χ1) is 34.0. The Bertz CT molecular complexity index is 1380. The fraction of sp³-hybridized carbons (Fsp3) is 0.698. The molecule has 0 N–H and O–H groups in total. The Morgan fingerprint density at radius 1 is 0.304 bits per heavy atom. The molecule has 0 saturated heterocycles. The van der Waals surface area contributed by atoms with Gasteiger partial charge in [0.05, 0.1) is 0 Å². The highest BCUT2D eigenvalue weighted by Crippen LogP contribution is 2.16. The maximum Gasteiger partial charge on any atom is 0.306 e. The highest BCUT2D eigenvalue weighted by molar-refractivity contribution is 5.71. The molecule has 6 heteroatoms. The third-order valence-electron chi connectivity index (χ3n) is 12.1. The zero-order chi connectivity index (χ0) is 50.0. The summed E-state index contributed by atoms with van der Waals surface area (Å²) in [5.74, 6) is -1.01. The van der Waals surface area contributed by atoms with Crippen molar-refractivity contribution in [2.75, 3.05) is 13.2 Å². The van der Waals surface area contributed by atoms with E-state index in [2.05, 4.69) is 118 Å². The molecule has 69 heavy (non-hydrogen) atoms. The van der Waals surface area contributed by atoms with Gasteiger partial charge in [0.2, 0.25) is 0 Å². The number of rotatable bonds is 51. The van der Waals surface area contributed by atoms with Gasteiger partial charge in [-0.3, -0.25) is 14.4 Å². The van der Waals surface area contributed by atoms with E-state index in [1.54, 1.807) is 0 Å². The van der Waals surface area contributed by atoms with E-state index in [9.17, 15) is 14.4 Å². The predicted molar refractivity (Wildman–Crippen MR) is 297 cm³/mol. The molecule has 0 aromatic rings. The average molecular weight is 960 g/mol. The van der Waals surface area contributed by atoms with E-state index in [0.29, 0.717) is 25.7 Å². The Kier molecular flexibility index (Phi) is 53.9. The first-order valence-corrected chi connectivity index (χ1v) is 28.7. The second-order valence-corrected chi connectivity index (χ2v) is 18.8. The summed E-state index contributed by atoms with van der Waals surface area (Å²) in [7, 11) is 0. The molecular weight excluding hydrogens is 853 g/mol. The summed E-state index contributed by atoms with van der Waals surface area (Å²) in [6.07, 6.45) is 75.5. The van der Waals surface area contributed by atoms with Crippen LogP contribution in [-0.4, -0.2) is 37.2 Å². The number of ether oxygens (including phenoxy) is 3. The second-order valence-electron chi connectivity index (χ2n) is 18.8. The minimum absolute atomic E-state index is 0.111. The van der Waals surface area contributed by atoms with Crippen LogP contribution in [-0.2, 0) is 28.6 Å². The minimum atomic E-state index is -0.823. The summed E-state index contributed by atoms with van der Waals surface area (Å²) in [4.78, 5) is 38.1. The third kappa shape index (κ3) is 55.1. The van der Waals surface area contributed by atoms with Gasteiger partial charge in [-0.05, 0) is 96.3 Å². The van der Waals surface area contributed by atoms with Crippen molar-refractivity contribution in [1.82, 2.24) is 0 Å². The monoisotopic (exact) mass is 959 g/mol. The fourth-order valence-corrected chi connectivity index (χ4v) is 7.78. The number of unbranched alkanes of at least 4 members (excludes halogenated alkanes) is 24. The molecule has 6 nitrogen and oxygen atoms in total. The molecule has 0 aromatic carbocycles. The van der Waals surface area contributed by atoms with E-state index in [4.69, 9.17) is 14.2 Å². The van der Waals surface area contributed by atoms with Crippen LogP contribution >= 0.6 is 0 Å². The fourth-order valence-electron chi connectivity index (χ4n) is 7.78. The van der Waals surface area contributed by atoms with Crippen LogP contribution < -0.4 is 0 Å². The first kappa shape index (κ1) is 65.3. The van der Waals surface area contributed by atoms with Gasteiger partial charge in [-0.2, -0.15) is 0 Å². The van der Waals surface area contributed by atoms with Crippen molar-refractivity contribution in [2.24, 2.45) is 0 Å². The van der Waals surface area contributed by atoms with Gasteiger partial charge in [0.25, 0.3) is 0 Å². The van der Waals surface area contributed by atoms with Crippen molar-refractivity contribution in [3.8, 4) is 0 Å². The lowest BCUT2D eigenvalue weighted by Gasteiger charge is -2.18. The molecule has 0 spiro atoms. The highest BCUT2D eigenvalue weighted by Gasteiger charge is 2.19. The van der Waals surface area contributed by atoms with E-state index < -0.39 is 6.10 Å². The maximum absolute atomic E-state index is 12.8. The van der Waals surface area contributed by atoms with Gasteiger partial charge in [0.1, 0.15) is 13.2 Å². The Morgan fingerprint density at radius 2 is 0.580 bits per heavy atom. The molecule has 0 saturated carbocycles. The van der Waals surface area contributed by atoms with Crippen molar-refractivity contribution in [1.29, 1.82) is 0 Å². The van der Waals surface area contributed by atoms with Crippen molar-refractivity contribution < 1.29 is 28.6 Å². The molecule has 0 bridgehead atoms. The van der Waals surface area contributed by atoms with E-state index in [1.165, 1.54) is 128 Å². The van der Waals surface area contributed by atoms with E-state index in [0.717, 1.165) is 83.5 Å². The summed E-state index contributed by atoms with van der Waals surface area (Å²) in [5.41, 5.74) is 0. The predicted octanol–water partition coefficient (Wildman–Crippen LogP) is 19.3. The van der Waals surface area contributed by atoms with Gasteiger partial charge in [-0.25, -0.2) is 0 Å². The summed E-state index contributed by atoms with van der Waals surface area (Å²) in [5, 5.41) is 0. The van der Waals surface area contributed by atoms with Crippen molar-refractivity contribution in [2.45, 2.75) is 271 Å². The molecule has 0 heterocycles. The molecular formula is C63H106O6. The molecule has 0 radical (unpaired) electrons. The summed E-state index contributed by atoms with van der Waals surface area (Å²) in [6.45, 7) is 6.43. The number of hydrogen-bond acceptors (Lipinski definition) is 6. The van der Waals surface area contributed by atoms with Crippen LogP contribution in [0.2, 0.25) is 0 Å². The van der Waals surface area contributed by atoms with Crippen LogP contribution in [0.3, 0.4) is 0 Å². The normalized spacial score (nSPS) is 12.8. The van der Waals surface area contributed by atoms with Crippen LogP contribution in [0, 0.1) is 0 Å². The lowest BCUT2D eigenvalue weighted by Crippen LogP contribution is -2.30. The van der Waals surface area contributed by atoms with Crippen LogP contribution in [0.5, 0.6) is 0 Å². The zero-order valence-electron chi connectivity index (χ0n) is 45.0. The molecule has 1 atom stereocenters. The zero-order valence-corrected chi connectivity index (χ0v) is 45.0. The first-order valence-electron chi connectivity index (χ1n) is 28.7. The summed E-state index contributed by atoms with van der Waals surface area (Å²) in [6, 6.07) is 0. The smallest absolute Gasteiger partial charge is 0.306 e. The van der Waals surface area contributed by atoms with Gasteiger partial charge in [-0.15, -0.1) is 0 Å². The van der Waals surface area contributed by atoms with Crippen molar-refractivity contribution >= 4 is 17.9 Å². The Morgan fingerprint density at radius 3 is 0.957 bits per heavy atom. The Balaban J connectivity index is 4.49. The molecule has 0 amide bonds. The van der Waals surface area contributed by atoms with Gasteiger partial charge < -0.3 is 14.2 Å². The third-order valence-corrected chi connectivity index (χ3v) is 12.1. The highest BCUT2D eigenvalue weighted by atomic mass is 16.6. The molecule has 0 rings (SSSR count). The number of allylic oxidation sites excluding steroid dienone is 16. The van der Waals surface area contributed by atoms with Crippen LogP contribution in [0.25, 0.3) is 0 Å². The topological polar surface area (TPSA) is 78.9 Å². The van der Waals surface area contributed by atoms with Crippen molar-refractivity contribution in [3.63, 3.8) is 0 Å². The maximum atomic E-state index is 12.8. The largest absolute Gasteiger partial charge is 0.462 e. The van der Waals surface area contributed by atoms with Crippen molar-refractivity contribution in [3.05, 3.63) is 97.2 Å². The average Bonchev–Trinajstić information content (AvgIpc) is 3.35. The quantitative estimate of drug-likeness (QED) is 0.0262. The minimum Gasteiger partial charge on any atom is -0.462 e. The number of carbonyl (C=O) groups excluding carboxylic acids is 3. The molecule has 0 aliphatic rings. The van der Waals surface area contributed by atoms with Crippen LogP contribution in [0.15, 0.2) is 97.2 Å². The lowest BCUT2D eigenvalue weighted by molar-refractivity contribution is -0.167. The Labute approximate surface area is 426 Å². The standard InChI is InChI=1S/C63H106O6/c1-4-7-10-13-16-19-22-25-28-30-31-33-35-38-41-44-47-50-53-56-62(65)68-59-60(58-67-61(64)55-52-49-46-43-40-37-34-27-24-21-18-15-12-9-6-3)69-63(66)57-54-51-48-45-42-39-36-32-29-26-23-20-17-14-11-8-5-2/h9,12,17-18,20-21,26-27,29,34,36,39-40,43,45,48,60H,4-8,10-11,13-16,19,22-25,28,30-33,35,37-38,41-42,44,46-47,49-59H2,1-3H3/b12-9-,20-17-,21-18-,29-26-,34-27-,39-36-,43-40-,48-45-/t60-/m1/s1. The molecule has 0 unspecified atom stereocenters.